The zero-order valence-corrected chi connectivity index (χ0v) is 10.1. The molecule has 86 valence electrons. The summed E-state index contributed by atoms with van der Waals surface area (Å²) in [6, 6.07) is 5.21. The van der Waals surface area contributed by atoms with Crippen molar-refractivity contribution in [1.29, 1.82) is 0 Å². The lowest BCUT2D eigenvalue weighted by Gasteiger charge is -2.06. The van der Waals surface area contributed by atoms with Gasteiger partial charge in [-0.15, -0.1) is 0 Å². The first-order valence-electron chi connectivity index (χ1n) is 5.15. The second-order valence-electron chi connectivity index (χ2n) is 4.18. The van der Waals surface area contributed by atoms with E-state index in [1.54, 1.807) is 32.1 Å². The van der Waals surface area contributed by atoms with Crippen LogP contribution in [-0.2, 0) is 16.3 Å². The Morgan fingerprint density at radius 1 is 1.38 bits per heavy atom. The molecular formula is C12H14O3S. The monoisotopic (exact) mass is 238 g/mol. The number of aliphatic hydroxyl groups excluding tert-OH is 1. The topological polar surface area (TPSA) is 54.4 Å². The highest BCUT2D eigenvalue weighted by atomic mass is 32.2. The second-order valence-corrected chi connectivity index (χ2v) is 6.27. The van der Waals surface area contributed by atoms with Crippen LogP contribution in [-0.4, -0.2) is 19.6 Å². The van der Waals surface area contributed by atoms with Crippen molar-refractivity contribution in [3.05, 3.63) is 34.2 Å². The third-order valence-electron chi connectivity index (χ3n) is 2.68. The standard InChI is InChI=1S/C12H14O3S/c1-8(13)5-10-3-4-12-11(7-10)6-9(2)16(12,14)15/h3-4,6-8,13H,5H2,1-2H3. The average Bonchev–Trinajstić information content (AvgIpc) is 2.36. The Labute approximate surface area is 95.3 Å². The third-order valence-corrected chi connectivity index (χ3v) is 4.59. The SMILES string of the molecule is CC1=Cc2cc(CC(C)O)ccc2S1(=O)=O. The van der Waals surface area contributed by atoms with Gasteiger partial charge in [0.1, 0.15) is 0 Å². The molecule has 16 heavy (non-hydrogen) atoms. The van der Waals surface area contributed by atoms with Crippen molar-refractivity contribution < 1.29 is 13.5 Å². The molecule has 0 aliphatic carbocycles. The van der Waals surface area contributed by atoms with Gasteiger partial charge in [0.2, 0.25) is 9.84 Å². The van der Waals surface area contributed by atoms with Crippen LogP contribution in [0.3, 0.4) is 0 Å². The molecule has 1 unspecified atom stereocenters. The van der Waals surface area contributed by atoms with Gasteiger partial charge in [0, 0.05) is 4.91 Å². The minimum absolute atomic E-state index is 0.374. The molecular weight excluding hydrogens is 224 g/mol. The molecule has 1 aliphatic rings. The predicted octanol–water partition coefficient (Wildman–Crippen LogP) is 1.76. The molecule has 0 spiro atoms. The number of hydrogen-bond acceptors (Lipinski definition) is 3. The Morgan fingerprint density at radius 3 is 2.69 bits per heavy atom. The molecule has 0 radical (unpaired) electrons. The number of sulfone groups is 1. The van der Waals surface area contributed by atoms with Crippen LogP contribution in [0.4, 0.5) is 0 Å². The predicted molar refractivity (Wildman–Crippen MR) is 62.7 cm³/mol. The van der Waals surface area contributed by atoms with Crippen LogP contribution in [0.15, 0.2) is 28.0 Å². The average molecular weight is 238 g/mol. The summed E-state index contributed by atoms with van der Waals surface area (Å²) in [7, 11) is -3.23. The quantitative estimate of drug-likeness (QED) is 0.854. The van der Waals surface area contributed by atoms with E-state index < -0.39 is 15.9 Å². The molecule has 0 bridgehead atoms. The van der Waals surface area contributed by atoms with Gasteiger partial charge >= 0.3 is 0 Å². The van der Waals surface area contributed by atoms with E-state index in [1.807, 2.05) is 6.07 Å². The van der Waals surface area contributed by atoms with Crippen LogP contribution in [0.25, 0.3) is 6.08 Å². The van der Waals surface area contributed by atoms with Crippen LogP contribution in [0.5, 0.6) is 0 Å². The van der Waals surface area contributed by atoms with E-state index in [0.29, 0.717) is 16.2 Å². The van der Waals surface area contributed by atoms with Crippen LogP contribution in [0, 0.1) is 0 Å². The molecule has 1 heterocycles. The maximum Gasteiger partial charge on any atom is 0.203 e. The minimum atomic E-state index is -3.23. The number of rotatable bonds is 2. The number of hydrogen-bond donors (Lipinski definition) is 1. The Kier molecular flexibility index (Phi) is 2.64. The summed E-state index contributed by atoms with van der Waals surface area (Å²) < 4.78 is 23.6. The van der Waals surface area contributed by atoms with E-state index in [-0.39, 0.29) is 0 Å². The Hall–Kier alpha value is -1.13. The fourth-order valence-electron chi connectivity index (χ4n) is 1.89. The van der Waals surface area contributed by atoms with Gasteiger partial charge in [0.15, 0.2) is 0 Å². The summed E-state index contributed by atoms with van der Waals surface area (Å²) in [5.41, 5.74) is 1.69. The van der Waals surface area contributed by atoms with E-state index in [9.17, 15) is 13.5 Å². The largest absolute Gasteiger partial charge is 0.393 e. The van der Waals surface area contributed by atoms with Crippen molar-refractivity contribution >= 4 is 15.9 Å². The van der Waals surface area contributed by atoms with Gasteiger partial charge in [0.05, 0.1) is 11.0 Å². The molecule has 1 aliphatic heterocycles. The number of aliphatic hydroxyl groups is 1. The lowest BCUT2D eigenvalue weighted by atomic mass is 10.1. The summed E-state index contributed by atoms with van der Waals surface area (Å²) in [4.78, 5) is 0.760. The van der Waals surface area contributed by atoms with Gasteiger partial charge < -0.3 is 5.11 Å². The van der Waals surface area contributed by atoms with Crippen molar-refractivity contribution in [3.8, 4) is 0 Å². The zero-order chi connectivity index (χ0) is 11.9. The summed E-state index contributed by atoms with van der Waals surface area (Å²) in [6.07, 6.45) is 1.80. The highest BCUT2D eigenvalue weighted by molar-refractivity contribution is 7.95. The maximum atomic E-state index is 11.8. The molecule has 0 aromatic heterocycles. The van der Waals surface area contributed by atoms with Crippen LogP contribution in [0.1, 0.15) is 25.0 Å². The molecule has 1 aromatic rings. The van der Waals surface area contributed by atoms with Crippen molar-refractivity contribution in [1.82, 2.24) is 0 Å². The van der Waals surface area contributed by atoms with E-state index in [1.165, 1.54) is 0 Å². The molecule has 0 fully saturated rings. The molecule has 1 atom stereocenters. The van der Waals surface area contributed by atoms with Crippen molar-refractivity contribution in [2.75, 3.05) is 0 Å². The Bertz CT molecular complexity index is 554. The fraction of sp³-hybridized carbons (Fsp3) is 0.333. The van der Waals surface area contributed by atoms with Crippen LogP contribution < -0.4 is 0 Å². The van der Waals surface area contributed by atoms with E-state index in [2.05, 4.69) is 0 Å². The highest BCUT2D eigenvalue weighted by Crippen LogP contribution is 2.32. The van der Waals surface area contributed by atoms with E-state index in [4.69, 9.17) is 0 Å². The number of fused-ring (bicyclic) bond motifs is 1. The number of allylic oxidation sites excluding steroid dienone is 1. The van der Waals surface area contributed by atoms with Gasteiger partial charge in [-0.2, -0.15) is 0 Å². The summed E-state index contributed by atoms with van der Waals surface area (Å²) in [5.74, 6) is 0. The Morgan fingerprint density at radius 2 is 2.06 bits per heavy atom. The van der Waals surface area contributed by atoms with Gasteiger partial charge in [0.25, 0.3) is 0 Å². The molecule has 3 nitrogen and oxygen atoms in total. The summed E-state index contributed by atoms with van der Waals surface area (Å²) >= 11 is 0. The van der Waals surface area contributed by atoms with Crippen molar-refractivity contribution in [2.45, 2.75) is 31.3 Å². The second kappa shape index (κ2) is 3.71. The van der Waals surface area contributed by atoms with E-state index in [0.717, 1.165) is 11.1 Å². The zero-order valence-electron chi connectivity index (χ0n) is 9.27. The lowest BCUT2D eigenvalue weighted by Crippen LogP contribution is -2.05. The molecule has 0 amide bonds. The Balaban J connectivity index is 2.47. The molecule has 0 saturated heterocycles. The molecule has 2 rings (SSSR count). The molecule has 1 N–H and O–H groups in total. The summed E-state index contributed by atoms with van der Waals surface area (Å²) in [6.45, 7) is 3.31. The first-order chi connectivity index (χ1) is 7.41. The molecule has 1 aromatic carbocycles. The first-order valence-corrected chi connectivity index (χ1v) is 6.64. The van der Waals surface area contributed by atoms with E-state index >= 15 is 0 Å². The number of benzene rings is 1. The van der Waals surface area contributed by atoms with Crippen LogP contribution in [0.2, 0.25) is 0 Å². The molecule has 0 saturated carbocycles. The summed E-state index contributed by atoms with van der Waals surface area (Å²) in [5, 5.41) is 9.28. The first kappa shape index (κ1) is 11.4. The third kappa shape index (κ3) is 1.79. The normalized spacial score (nSPS) is 19.1. The lowest BCUT2D eigenvalue weighted by molar-refractivity contribution is 0.195. The van der Waals surface area contributed by atoms with Crippen LogP contribution >= 0.6 is 0 Å². The molecule has 4 heteroatoms. The van der Waals surface area contributed by atoms with Gasteiger partial charge in [-0.1, -0.05) is 12.1 Å². The smallest absolute Gasteiger partial charge is 0.203 e. The van der Waals surface area contributed by atoms with Gasteiger partial charge in [-0.25, -0.2) is 8.42 Å². The van der Waals surface area contributed by atoms with Crippen molar-refractivity contribution in [3.63, 3.8) is 0 Å². The van der Waals surface area contributed by atoms with Crippen molar-refractivity contribution in [2.24, 2.45) is 0 Å². The minimum Gasteiger partial charge on any atom is -0.393 e. The van der Waals surface area contributed by atoms with Gasteiger partial charge in [-0.05, 0) is 43.5 Å². The fourth-order valence-corrected chi connectivity index (χ4v) is 3.20. The maximum absolute atomic E-state index is 11.8. The highest BCUT2D eigenvalue weighted by Gasteiger charge is 2.26. The van der Waals surface area contributed by atoms with Gasteiger partial charge in [-0.3, -0.25) is 0 Å².